The number of rotatable bonds is 6. The molecule has 1 saturated heterocycles. The van der Waals surface area contributed by atoms with Gasteiger partial charge in [-0.15, -0.1) is 0 Å². The first-order valence-electron chi connectivity index (χ1n) is 9.46. The molecular formula is C18H26N2O6S2. The Kier molecular flexibility index (Phi) is 6.18. The first-order chi connectivity index (χ1) is 13.2. The fourth-order valence-electron chi connectivity index (χ4n) is 3.60. The van der Waals surface area contributed by atoms with Crippen molar-refractivity contribution in [2.45, 2.75) is 32.3 Å². The normalized spacial score (nSPS) is 24.1. The second kappa shape index (κ2) is 8.28. The van der Waals surface area contributed by atoms with Gasteiger partial charge < -0.3 is 10.1 Å². The third-order valence-corrected chi connectivity index (χ3v) is 8.72. The fourth-order valence-corrected chi connectivity index (χ4v) is 7.40. The van der Waals surface area contributed by atoms with Gasteiger partial charge in [0.2, 0.25) is 10.0 Å². The number of carbonyl (C=O) groups is 1. The van der Waals surface area contributed by atoms with E-state index in [1.165, 1.54) is 4.31 Å². The lowest BCUT2D eigenvalue weighted by Crippen LogP contribution is -2.52. The number of nitrogens with one attached hydrogen (secondary N) is 1. The predicted octanol–water partition coefficient (Wildman–Crippen LogP) is 0.935. The fraction of sp³-hybridized carbons (Fsp3) is 0.611. The third kappa shape index (κ3) is 4.78. The van der Waals surface area contributed by atoms with Gasteiger partial charge >= 0.3 is 0 Å². The van der Waals surface area contributed by atoms with E-state index in [0.29, 0.717) is 30.8 Å². The van der Waals surface area contributed by atoms with E-state index in [-0.39, 0.29) is 29.7 Å². The van der Waals surface area contributed by atoms with Crippen LogP contribution >= 0.6 is 0 Å². The number of hydrogen-bond donors (Lipinski definition) is 1. The largest absolute Gasteiger partial charge is 0.476 e. The van der Waals surface area contributed by atoms with Crippen LogP contribution in [0.25, 0.3) is 0 Å². The van der Waals surface area contributed by atoms with E-state index in [2.05, 4.69) is 5.32 Å². The molecule has 0 aliphatic carbocycles. The maximum atomic E-state index is 13.2. The number of fused-ring (bicyclic) bond motifs is 1. The zero-order valence-electron chi connectivity index (χ0n) is 15.8. The number of benzene rings is 1. The molecule has 1 amide bonds. The van der Waals surface area contributed by atoms with Crippen LogP contribution in [0, 0.1) is 5.92 Å². The Morgan fingerprint density at radius 2 is 2.07 bits per heavy atom. The van der Waals surface area contributed by atoms with Gasteiger partial charge in [0.05, 0.1) is 29.5 Å². The van der Waals surface area contributed by atoms with Crippen LogP contribution in [0.3, 0.4) is 0 Å². The highest BCUT2D eigenvalue weighted by Crippen LogP contribution is 2.36. The van der Waals surface area contributed by atoms with Gasteiger partial charge in [0.25, 0.3) is 5.91 Å². The maximum absolute atomic E-state index is 13.2. The van der Waals surface area contributed by atoms with Crippen LogP contribution in [0.2, 0.25) is 0 Å². The van der Waals surface area contributed by atoms with Gasteiger partial charge in [-0.25, -0.2) is 16.8 Å². The molecule has 1 aromatic rings. The third-order valence-electron chi connectivity index (χ3n) is 4.92. The molecule has 0 spiro atoms. The van der Waals surface area contributed by atoms with Crippen molar-refractivity contribution < 1.29 is 26.4 Å². The number of sulfone groups is 1. The number of sulfonamides is 1. The van der Waals surface area contributed by atoms with E-state index >= 15 is 0 Å². The molecule has 0 radical (unpaired) electrons. The van der Waals surface area contributed by atoms with Gasteiger partial charge in [0, 0.05) is 6.54 Å². The SMILES string of the molecule is CCCNC(=O)[C@@H]1CN(S(=O)(=O)C[C@H]2CCCS(=O)(=O)C2)c2ccccc2O1. The van der Waals surface area contributed by atoms with Crippen molar-refractivity contribution in [3.05, 3.63) is 24.3 Å². The number of hydrogen-bond acceptors (Lipinski definition) is 6. The van der Waals surface area contributed by atoms with Crippen LogP contribution < -0.4 is 14.4 Å². The topological polar surface area (TPSA) is 110 Å². The Bertz CT molecular complexity index is 929. The second-order valence-corrected chi connectivity index (χ2v) is 11.5. The predicted molar refractivity (Wildman–Crippen MR) is 107 cm³/mol. The van der Waals surface area contributed by atoms with Gasteiger partial charge in [0.15, 0.2) is 15.9 Å². The molecule has 0 bridgehead atoms. The molecular weight excluding hydrogens is 404 g/mol. The lowest BCUT2D eigenvalue weighted by molar-refractivity contribution is -0.127. The van der Waals surface area contributed by atoms with Crippen molar-refractivity contribution in [3.8, 4) is 5.75 Å². The van der Waals surface area contributed by atoms with E-state index in [9.17, 15) is 21.6 Å². The minimum absolute atomic E-state index is 0.112. The molecule has 2 aliphatic rings. The minimum Gasteiger partial charge on any atom is -0.476 e. The highest BCUT2D eigenvalue weighted by Gasteiger charge is 2.38. The van der Waals surface area contributed by atoms with Gasteiger partial charge in [-0.05, 0) is 37.3 Å². The quantitative estimate of drug-likeness (QED) is 0.719. The second-order valence-electron chi connectivity index (χ2n) is 7.30. The zero-order valence-corrected chi connectivity index (χ0v) is 17.5. The number of anilines is 1. The summed E-state index contributed by atoms with van der Waals surface area (Å²) in [6.07, 6.45) is 0.842. The highest BCUT2D eigenvalue weighted by atomic mass is 32.2. The molecule has 10 heteroatoms. The van der Waals surface area contributed by atoms with Gasteiger partial charge in [-0.1, -0.05) is 19.1 Å². The summed E-state index contributed by atoms with van der Waals surface area (Å²) in [4.78, 5) is 12.4. The molecule has 1 aromatic carbocycles. The van der Waals surface area contributed by atoms with E-state index in [1.807, 2.05) is 6.92 Å². The minimum atomic E-state index is -3.82. The van der Waals surface area contributed by atoms with Crippen molar-refractivity contribution in [3.63, 3.8) is 0 Å². The number of carbonyl (C=O) groups excluding carboxylic acids is 1. The number of ether oxygens (including phenoxy) is 1. The molecule has 1 fully saturated rings. The molecule has 0 saturated carbocycles. The molecule has 28 heavy (non-hydrogen) atoms. The average molecular weight is 431 g/mol. The number of amides is 1. The molecule has 2 heterocycles. The van der Waals surface area contributed by atoms with Gasteiger partial charge in [-0.3, -0.25) is 9.10 Å². The molecule has 2 atom stereocenters. The van der Waals surface area contributed by atoms with E-state index in [1.54, 1.807) is 24.3 Å². The Labute approximate surface area is 166 Å². The summed E-state index contributed by atoms with van der Waals surface area (Å²) in [6, 6.07) is 6.67. The van der Waals surface area contributed by atoms with E-state index in [4.69, 9.17) is 4.74 Å². The summed E-state index contributed by atoms with van der Waals surface area (Å²) in [5.41, 5.74) is 0.376. The molecule has 8 nitrogen and oxygen atoms in total. The van der Waals surface area contributed by atoms with E-state index < -0.39 is 31.9 Å². The summed E-state index contributed by atoms with van der Waals surface area (Å²) in [6.45, 7) is 2.27. The Morgan fingerprint density at radius 1 is 1.32 bits per heavy atom. The van der Waals surface area contributed by atoms with Crippen LogP contribution in [0.15, 0.2) is 24.3 Å². The van der Waals surface area contributed by atoms with E-state index in [0.717, 1.165) is 6.42 Å². The van der Waals surface area contributed by atoms with Crippen molar-refractivity contribution in [1.29, 1.82) is 0 Å². The lowest BCUT2D eigenvalue weighted by Gasteiger charge is -2.35. The number of nitrogens with zero attached hydrogens (tertiary/aromatic N) is 1. The highest BCUT2D eigenvalue weighted by molar-refractivity contribution is 7.93. The van der Waals surface area contributed by atoms with Crippen molar-refractivity contribution in [2.24, 2.45) is 5.92 Å². The standard InChI is InChI=1S/C18H26N2O6S2/c1-2-9-19-18(21)17-11-20(15-7-3-4-8-16(15)26-17)28(24,25)13-14-6-5-10-27(22,23)12-14/h3-4,7-8,14,17H,2,5-6,9-13H2,1H3,(H,19,21)/t14-,17-/m0/s1. The summed E-state index contributed by atoms with van der Waals surface area (Å²) in [7, 11) is -7.03. The van der Waals surface area contributed by atoms with Crippen LogP contribution in [-0.4, -0.2) is 59.2 Å². The smallest absolute Gasteiger partial charge is 0.263 e. The first-order valence-corrected chi connectivity index (χ1v) is 12.9. The van der Waals surface area contributed by atoms with Crippen molar-refractivity contribution >= 4 is 31.5 Å². The molecule has 1 N–H and O–H groups in total. The molecule has 3 rings (SSSR count). The van der Waals surface area contributed by atoms with Crippen LogP contribution in [0.5, 0.6) is 5.75 Å². The molecule has 0 unspecified atom stereocenters. The summed E-state index contributed by atoms with van der Waals surface area (Å²) < 4.78 is 57.0. The Morgan fingerprint density at radius 3 is 2.79 bits per heavy atom. The summed E-state index contributed by atoms with van der Waals surface area (Å²) in [5.74, 6) is -0.736. The maximum Gasteiger partial charge on any atom is 0.263 e. The zero-order chi connectivity index (χ0) is 20.4. The van der Waals surface area contributed by atoms with Crippen LogP contribution in [0.4, 0.5) is 5.69 Å². The number of para-hydroxylation sites is 2. The van der Waals surface area contributed by atoms with Crippen molar-refractivity contribution in [2.75, 3.05) is 34.7 Å². The average Bonchev–Trinajstić information content (AvgIpc) is 2.64. The molecule has 156 valence electrons. The van der Waals surface area contributed by atoms with Gasteiger partial charge in [-0.2, -0.15) is 0 Å². The van der Waals surface area contributed by atoms with Gasteiger partial charge in [0.1, 0.15) is 5.75 Å². The molecule has 2 aliphatic heterocycles. The summed E-state index contributed by atoms with van der Waals surface area (Å²) in [5, 5.41) is 2.73. The summed E-state index contributed by atoms with van der Waals surface area (Å²) >= 11 is 0. The lowest BCUT2D eigenvalue weighted by atomic mass is 10.1. The van der Waals surface area contributed by atoms with Crippen LogP contribution in [0.1, 0.15) is 26.2 Å². The Balaban J connectivity index is 1.84. The van der Waals surface area contributed by atoms with Crippen molar-refractivity contribution in [1.82, 2.24) is 5.32 Å². The monoisotopic (exact) mass is 430 g/mol. The van der Waals surface area contributed by atoms with Crippen LogP contribution in [-0.2, 0) is 24.7 Å². The first kappa shape index (κ1) is 20.9. The Hall–Kier alpha value is -1.81. The molecule has 0 aromatic heterocycles.